The third-order valence-electron chi connectivity index (χ3n) is 1.90. The molecule has 0 radical (unpaired) electrons. The van der Waals surface area contributed by atoms with E-state index in [1.54, 1.807) is 0 Å². The topological polar surface area (TPSA) is 14.2 Å². The molecule has 0 atom stereocenters. The molecule has 2 heteroatoms. The van der Waals surface area contributed by atoms with Crippen molar-refractivity contribution in [1.29, 1.82) is 0 Å². The Morgan fingerprint density at radius 1 is 1.60 bits per heavy atom. The summed E-state index contributed by atoms with van der Waals surface area (Å²) in [6, 6.07) is 2.73. The molecule has 10 heavy (non-hydrogen) atoms. The molecule has 0 bridgehead atoms. The van der Waals surface area contributed by atoms with Crippen LogP contribution in [0.1, 0.15) is 11.6 Å². The zero-order valence-electron chi connectivity index (χ0n) is 6.08. The van der Waals surface area contributed by atoms with Gasteiger partial charge in [-0.2, -0.15) is 0 Å². The van der Waals surface area contributed by atoms with E-state index >= 15 is 0 Å². The molecule has 0 N–H and O–H groups in total. The number of ether oxygens (including phenoxy) is 1. The Bertz CT molecular complexity index is 225. The number of nitrogens with zero attached hydrogens (tertiary/aromatic N) is 1. The number of hydrogen-bond acceptors (Lipinski definition) is 1. The van der Waals surface area contributed by atoms with Crippen LogP contribution in [0.2, 0.25) is 0 Å². The van der Waals surface area contributed by atoms with Gasteiger partial charge in [-0.25, -0.2) is 0 Å². The van der Waals surface area contributed by atoms with Gasteiger partial charge in [-0.05, 0) is 18.6 Å². The van der Waals surface area contributed by atoms with Crippen molar-refractivity contribution in [1.82, 2.24) is 4.57 Å². The van der Waals surface area contributed by atoms with Crippen LogP contribution in [0, 0.1) is 6.92 Å². The molecule has 0 spiro atoms. The van der Waals surface area contributed by atoms with Crippen LogP contribution in [0.25, 0.3) is 0 Å². The van der Waals surface area contributed by atoms with Gasteiger partial charge in [-0.1, -0.05) is 0 Å². The van der Waals surface area contributed by atoms with Gasteiger partial charge in [-0.3, -0.25) is 0 Å². The molecule has 0 saturated carbocycles. The van der Waals surface area contributed by atoms with Gasteiger partial charge in [0, 0.05) is 12.4 Å². The van der Waals surface area contributed by atoms with Crippen LogP contribution in [0.3, 0.4) is 0 Å². The quantitative estimate of drug-likeness (QED) is 0.570. The smallest absolute Gasteiger partial charge is 0.0797 e. The molecule has 1 fully saturated rings. The van der Waals surface area contributed by atoms with Crippen LogP contribution >= 0.6 is 0 Å². The molecule has 0 aromatic carbocycles. The predicted octanol–water partition coefficient (Wildman–Crippen LogP) is 1.37. The van der Waals surface area contributed by atoms with Crippen molar-refractivity contribution in [3.63, 3.8) is 0 Å². The Labute approximate surface area is 60.4 Å². The lowest BCUT2D eigenvalue weighted by Crippen LogP contribution is -2.29. The molecule has 2 nitrogen and oxygen atoms in total. The summed E-state index contributed by atoms with van der Waals surface area (Å²) in [5.74, 6) is 0. The summed E-state index contributed by atoms with van der Waals surface area (Å²) in [7, 11) is 0. The van der Waals surface area contributed by atoms with E-state index in [1.807, 2.05) is 0 Å². The van der Waals surface area contributed by atoms with Crippen molar-refractivity contribution >= 4 is 0 Å². The molecule has 0 aliphatic carbocycles. The van der Waals surface area contributed by atoms with Crippen LogP contribution in [-0.4, -0.2) is 17.8 Å². The summed E-state index contributed by atoms with van der Waals surface area (Å²) in [5.41, 5.74) is 1.33. The first-order chi connectivity index (χ1) is 4.86. The minimum Gasteiger partial charge on any atom is -0.377 e. The summed E-state index contributed by atoms with van der Waals surface area (Å²) in [5, 5.41) is 0. The van der Waals surface area contributed by atoms with Crippen molar-refractivity contribution in [2.75, 3.05) is 13.2 Å². The Kier molecular flexibility index (Phi) is 1.27. The van der Waals surface area contributed by atoms with E-state index in [1.165, 1.54) is 5.56 Å². The highest BCUT2D eigenvalue weighted by Crippen LogP contribution is 2.17. The second-order valence-electron chi connectivity index (χ2n) is 2.83. The third kappa shape index (κ3) is 0.847. The monoisotopic (exact) mass is 137 g/mol. The lowest BCUT2D eigenvalue weighted by molar-refractivity contribution is -0.0231. The molecule has 2 rings (SSSR count). The molecule has 1 aromatic heterocycles. The third-order valence-corrected chi connectivity index (χ3v) is 1.90. The molecular weight excluding hydrogens is 126 g/mol. The van der Waals surface area contributed by atoms with Crippen molar-refractivity contribution in [2.24, 2.45) is 0 Å². The molecule has 1 aliphatic rings. The van der Waals surface area contributed by atoms with Gasteiger partial charge < -0.3 is 9.30 Å². The normalized spacial score (nSPS) is 18.9. The maximum Gasteiger partial charge on any atom is 0.0797 e. The molecule has 2 heterocycles. The first kappa shape index (κ1) is 5.98. The first-order valence-corrected chi connectivity index (χ1v) is 3.58. The Balaban J connectivity index is 2.17. The standard InChI is InChI=1S/C8H11NO/c1-7-2-3-9(4-7)8-5-10-6-8/h2-4,8H,5-6H2,1H3. The Morgan fingerprint density at radius 3 is 2.80 bits per heavy atom. The number of aryl methyl sites for hydroxylation is 1. The highest BCUT2D eigenvalue weighted by Gasteiger charge is 2.18. The number of aromatic nitrogens is 1. The fourth-order valence-electron chi connectivity index (χ4n) is 1.15. The van der Waals surface area contributed by atoms with Gasteiger partial charge >= 0.3 is 0 Å². The first-order valence-electron chi connectivity index (χ1n) is 3.58. The van der Waals surface area contributed by atoms with E-state index in [2.05, 4.69) is 30.0 Å². The molecule has 54 valence electrons. The average Bonchev–Trinajstić information content (AvgIpc) is 2.10. The molecule has 1 aliphatic heterocycles. The molecular formula is C8H11NO. The summed E-state index contributed by atoms with van der Waals surface area (Å²) >= 11 is 0. The van der Waals surface area contributed by atoms with Crippen LogP contribution < -0.4 is 0 Å². The molecule has 1 saturated heterocycles. The summed E-state index contributed by atoms with van der Waals surface area (Å²) in [4.78, 5) is 0. The van der Waals surface area contributed by atoms with Crippen LogP contribution in [0.5, 0.6) is 0 Å². The van der Waals surface area contributed by atoms with E-state index in [9.17, 15) is 0 Å². The van der Waals surface area contributed by atoms with Crippen LogP contribution in [0.4, 0.5) is 0 Å². The van der Waals surface area contributed by atoms with E-state index < -0.39 is 0 Å². The predicted molar refractivity (Wildman–Crippen MR) is 39.0 cm³/mol. The van der Waals surface area contributed by atoms with E-state index in [0.717, 1.165) is 13.2 Å². The van der Waals surface area contributed by atoms with Gasteiger partial charge in [0.1, 0.15) is 0 Å². The lowest BCUT2D eigenvalue weighted by Gasteiger charge is -2.27. The average molecular weight is 137 g/mol. The highest BCUT2D eigenvalue weighted by molar-refractivity contribution is 5.08. The lowest BCUT2D eigenvalue weighted by atomic mass is 10.2. The van der Waals surface area contributed by atoms with E-state index in [4.69, 9.17) is 4.74 Å². The van der Waals surface area contributed by atoms with E-state index in [0.29, 0.717) is 6.04 Å². The van der Waals surface area contributed by atoms with Crippen molar-refractivity contribution < 1.29 is 4.74 Å². The number of hydrogen-bond donors (Lipinski definition) is 0. The summed E-state index contributed by atoms with van der Waals surface area (Å²) in [6.45, 7) is 3.87. The molecule has 0 unspecified atom stereocenters. The zero-order valence-corrected chi connectivity index (χ0v) is 6.08. The van der Waals surface area contributed by atoms with Crippen molar-refractivity contribution in [3.05, 3.63) is 24.0 Å². The minimum absolute atomic E-state index is 0.605. The SMILES string of the molecule is Cc1ccn(C2COC2)c1. The van der Waals surface area contributed by atoms with E-state index in [-0.39, 0.29) is 0 Å². The molecule has 0 amide bonds. The summed E-state index contributed by atoms with van der Waals surface area (Å²) in [6.07, 6.45) is 4.27. The minimum atomic E-state index is 0.605. The van der Waals surface area contributed by atoms with Gasteiger partial charge in [0.05, 0.1) is 19.3 Å². The zero-order chi connectivity index (χ0) is 6.97. The fraction of sp³-hybridized carbons (Fsp3) is 0.500. The maximum atomic E-state index is 5.08. The maximum absolute atomic E-state index is 5.08. The van der Waals surface area contributed by atoms with Gasteiger partial charge in [0.25, 0.3) is 0 Å². The second kappa shape index (κ2) is 2.13. The van der Waals surface area contributed by atoms with Crippen LogP contribution in [-0.2, 0) is 4.74 Å². The van der Waals surface area contributed by atoms with Crippen molar-refractivity contribution in [2.45, 2.75) is 13.0 Å². The number of rotatable bonds is 1. The Hall–Kier alpha value is -0.760. The van der Waals surface area contributed by atoms with Crippen molar-refractivity contribution in [3.8, 4) is 0 Å². The Morgan fingerprint density at radius 2 is 2.40 bits per heavy atom. The van der Waals surface area contributed by atoms with Gasteiger partial charge in [0.15, 0.2) is 0 Å². The largest absolute Gasteiger partial charge is 0.377 e. The fourth-order valence-corrected chi connectivity index (χ4v) is 1.15. The highest BCUT2D eigenvalue weighted by atomic mass is 16.5. The van der Waals surface area contributed by atoms with Gasteiger partial charge in [0.2, 0.25) is 0 Å². The molecule has 1 aromatic rings. The van der Waals surface area contributed by atoms with Crippen LogP contribution in [0.15, 0.2) is 18.5 Å². The second-order valence-corrected chi connectivity index (χ2v) is 2.83. The summed E-state index contributed by atoms with van der Waals surface area (Å²) < 4.78 is 7.30. The van der Waals surface area contributed by atoms with Gasteiger partial charge in [-0.15, -0.1) is 0 Å².